The maximum Gasteiger partial charge on any atom is 0.330 e. The van der Waals surface area contributed by atoms with Gasteiger partial charge in [-0.05, 0) is 20.8 Å². The van der Waals surface area contributed by atoms with Gasteiger partial charge in [-0.1, -0.05) is 11.6 Å². The number of halogens is 1. The Hall–Kier alpha value is -1.40. The van der Waals surface area contributed by atoms with Crippen molar-refractivity contribution in [1.82, 2.24) is 14.5 Å². The second-order valence-electron chi connectivity index (χ2n) is 4.03. The van der Waals surface area contributed by atoms with Gasteiger partial charge in [0.15, 0.2) is 0 Å². The lowest BCUT2D eigenvalue weighted by Crippen LogP contribution is -2.38. The standard InChI is InChI=1S/C11H12ClN3O2S/c1-5-4-13-9(18-5)7(3)15-10(16)6(2)8(12)14-11(15)17/h4,7H,1-3H3,(H,14,17). The van der Waals surface area contributed by atoms with Gasteiger partial charge in [0.2, 0.25) is 0 Å². The first-order valence-corrected chi connectivity index (χ1v) is 6.54. The van der Waals surface area contributed by atoms with E-state index in [4.69, 9.17) is 11.6 Å². The van der Waals surface area contributed by atoms with Crippen molar-refractivity contribution in [1.29, 1.82) is 0 Å². The number of thiazole rings is 1. The number of nitrogens with one attached hydrogen (secondary N) is 1. The molecule has 2 aromatic heterocycles. The summed E-state index contributed by atoms with van der Waals surface area (Å²) < 4.78 is 1.14. The van der Waals surface area contributed by atoms with Crippen molar-refractivity contribution < 1.29 is 0 Å². The molecule has 7 heteroatoms. The summed E-state index contributed by atoms with van der Waals surface area (Å²) in [6.45, 7) is 5.27. The Morgan fingerprint density at radius 1 is 1.44 bits per heavy atom. The van der Waals surface area contributed by atoms with Crippen LogP contribution in [-0.2, 0) is 0 Å². The minimum absolute atomic E-state index is 0.0868. The van der Waals surface area contributed by atoms with Gasteiger partial charge in [-0.15, -0.1) is 11.3 Å². The summed E-state index contributed by atoms with van der Waals surface area (Å²) >= 11 is 7.23. The molecule has 1 atom stereocenters. The van der Waals surface area contributed by atoms with Crippen LogP contribution in [-0.4, -0.2) is 14.5 Å². The van der Waals surface area contributed by atoms with E-state index in [-0.39, 0.29) is 10.7 Å². The molecule has 0 spiro atoms. The number of aryl methyl sites for hydroxylation is 1. The van der Waals surface area contributed by atoms with E-state index >= 15 is 0 Å². The molecule has 96 valence electrons. The first-order valence-electron chi connectivity index (χ1n) is 5.35. The van der Waals surface area contributed by atoms with Crippen molar-refractivity contribution in [2.75, 3.05) is 0 Å². The highest BCUT2D eigenvalue weighted by molar-refractivity contribution is 7.11. The van der Waals surface area contributed by atoms with Crippen LogP contribution in [0, 0.1) is 13.8 Å². The molecule has 0 radical (unpaired) electrons. The van der Waals surface area contributed by atoms with Crippen LogP contribution in [0.3, 0.4) is 0 Å². The number of hydrogen-bond donors (Lipinski definition) is 1. The molecule has 0 fully saturated rings. The topological polar surface area (TPSA) is 67.8 Å². The zero-order valence-electron chi connectivity index (χ0n) is 10.2. The Kier molecular flexibility index (Phi) is 3.41. The molecule has 1 N–H and O–H groups in total. The molecule has 0 aliphatic heterocycles. The Balaban J connectivity index is 2.62. The number of H-pyrrole nitrogens is 1. The third-order valence-electron chi connectivity index (χ3n) is 2.69. The van der Waals surface area contributed by atoms with Crippen molar-refractivity contribution in [3.63, 3.8) is 0 Å². The van der Waals surface area contributed by atoms with Gasteiger partial charge in [0.1, 0.15) is 10.2 Å². The van der Waals surface area contributed by atoms with Gasteiger partial charge in [-0.25, -0.2) is 9.78 Å². The van der Waals surface area contributed by atoms with Gasteiger partial charge in [-0.2, -0.15) is 0 Å². The van der Waals surface area contributed by atoms with Crippen LogP contribution < -0.4 is 11.2 Å². The molecule has 18 heavy (non-hydrogen) atoms. The van der Waals surface area contributed by atoms with E-state index in [0.29, 0.717) is 5.56 Å². The third-order valence-corrected chi connectivity index (χ3v) is 4.15. The predicted molar refractivity (Wildman–Crippen MR) is 71.7 cm³/mol. The highest BCUT2D eigenvalue weighted by atomic mass is 35.5. The molecule has 2 aromatic rings. The fraction of sp³-hybridized carbons (Fsp3) is 0.364. The van der Waals surface area contributed by atoms with Gasteiger partial charge >= 0.3 is 5.69 Å². The third kappa shape index (κ3) is 2.13. The van der Waals surface area contributed by atoms with E-state index in [9.17, 15) is 9.59 Å². The van der Waals surface area contributed by atoms with Crippen LogP contribution in [0.25, 0.3) is 0 Å². The Morgan fingerprint density at radius 3 is 2.67 bits per heavy atom. The van der Waals surface area contributed by atoms with Crippen LogP contribution >= 0.6 is 22.9 Å². The van der Waals surface area contributed by atoms with Crippen molar-refractivity contribution in [3.05, 3.63) is 47.6 Å². The summed E-state index contributed by atoms with van der Waals surface area (Å²) in [5.74, 6) is 0. The second-order valence-corrected chi connectivity index (χ2v) is 5.67. The molecule has 2 heterocycles. The summed E-state index contributed by atoms with van der Waals surface area (Å²) in [5, 5.41) is 0.811. The average molecular weight is 286 g/mol. The first kappa shape index (κ1) is 13.0. The number of aromatic amines is 1. The van der Waals surface area contributed by atoms with Gasteiger partial charge < -0.3 is 0 Å². The lowest BCUT2D eigenvalue weighted by atomic mass is 10.3. The Morgan fingerprint density at radius 2 is 2.11 bits per heavy atom. The van der Waals surface area contributed by atoms with E-state index in [1.165, 1.54) is 11.3 Å². The zero-order chi connectivity index (χ0) is 13.4. The molecule has 0 aliphatic rings. The lowest BCUT2D eigenvalue weighted by Gasteiger charge is -2.12. The minimum Gasteiger partial charge on any atom is -0.297 e. The highest BCUT2D eigenvalue weighted by Gasteiger charge is 2.18. The van der Waals surface area contributed by atoms with E-state index in [2.05, 4.69) is 9.97 Å². The zero-order valence-corrected chi connectivity index (χ0v) is 11.7. The Bertz CT molecular complexity index is 701. The molecule has 0 saturated heterocycles. The van der Waals surface area contributed by atoms with Crippen molar-refractivity contribution in [2.45, 2.75) is 26.8 Å². The van der Waals surface area contributed by atoms with Crippen molar-refractivity contribution >= 4 is 22.9 Å². The molecule has 0 bridgehead atoms. The van der Waals surface area contributed by atoms with E-state index in [0.717, 1.165) is 14.5 Å². The SMILES string of the molecule is Cc1cnc(C(C)n2c(=O)[nH]c(Cl)c(C)c2=O)s1. The van der Waals surface area contributed by atoms with Gasteiger partial charge in [0.25, 0.3) is 5.56 Å². The van der Waals surface area contributed by atoms with Gasteiger partial charge in [0.05, 0.1) is 6.04 Å². The molecular weight excluding hydrogens is 274 g/mol. The number of rotatable bonds is 2. The molecule has 0 amide bonds. The fourth-order valence-electron chi connectivity index (χ4n) is 1.64. The van der Waals surface area contributed by atoms with E-state index < -0.39 is 11.7 Å². The summed E-state index contributed by atoms with van der Waals surface area (Å²) in [6.07, 6.45) is 1.72. The predicted octanol–water partition coefficient (Wildman–Crippen LogP) is 1.87. The van der Waals surface area contributed by atoms with Crippen LogP contribution in [0.5, 0.6) is 0 Å². The summed E-state index contributed by atoms with van der Waals surface area (Å²) in [5.41, 5.74) is -0.573. The number of aromatic nitrogens is 3. The molecular formula is C11H12ClN3O2S. The summed E-state index contributed by atoms with van der Waals surface area (Å²) in [7, 11) is 0. The first-order chi connectivity index (χ1) is 8.41. The molecule has 2 rings (SSSR count). The van der Waals surface area contributed by atoms with E-state index in [1.807, 2.05) is 6.92 Å². The lowest BCUT2D eigenvalue weighted by molar-refractivity contribution is 0.571. The van der Waals surface area contributed by atoms with Crippen molar-refractivity contribution in [3.8, 4) is 0 Å². The minimum atomic E-state index is -0.518. The van der Waals surface area contributed by atoms with Crippen LogP contribution in [0.1, 0.15) is 28.4 Å². The van der Waals surface area contributed by atoms with Crippen LogP contribution in [0.2, 0.25) is 5.15 Å². The molecule has 1 unspecified atom stereocenters. The second kappa shape index (κ2) is 4.70. The molecule has 0 aliphatic carbocycles. The number of nitrogens with zero attached hydrogens (tertiary/aromatic N) is 2. The van der Waals surface area contributed by atoms with Gasteiger partial charge in [0, 0.05) is 16.6 Å². The molecule has 0 saturated carbocycles. The average Bonchev–Trinajstić information content (AvgIpc) is 2.73. The largest absolute Gasteiger partial charge is 0.330 e. The van der Waals surface area contributed by atoms with Crippen LogP contribution in [0.15, 0.2) is 15.8 Å². The van der Waals surface area contributed by atoms with Gasteiger partial charge in [-0.3, -0.25) is 14.3 Å². The molecule has 0 aromatic carbocycles. The smallest absolute Gasteiger partial charge is 0.297 e. The quantitative estimate of drug-likeness (QED) is 0.857. The Labute approximate surface area is 112 Å². The highest BCUT2D eigenvalue weighted by Crippen LogP contribution is 2.20. The van der Waals surface area contributed by atoms with Crippen LogP contribution in [0.4, 0.5) is 0 Å². The summed E-state index contributed by atoms with van der Waals surface area (Å²) in [6, 6.07) is -0.407. The molecule has 5 nitrogen and oxygen atoms in total. The fourth-order valence-corrected chi connectivity index (χ4v) is 2.62. The normalized spacial score (nSPS) is 12.7. The maximum absolute atomic E-state index is 12.1. The van der Waals surface area contributed by atoms with E-state index in [1.54, 1.807) is 20.0 Å². The maximum atomic E-state index is 12.1. The van der Waals surface area contributed by atoms with Crippen molar-refractivity contribution in [2.24, 2.45) is 0 Å². The number of hydrogen-bond acceptors (Lipinski definition) is 4. The summed E-state index contributed by atoms with van der Waals surface area (Å²) in [4.78, 5) is 31.6. The monoisotopic (exact) mass is 285 g/mol.